The smallest absolute Gasteiger partial charge is 0.312 e. The fraction of sp³-hybridized carbons (Fsp3) is 0.333. The van der Waals surface area contributed by atoms with Crippen LogP contribution >= 0.6 is 0 Å². The van der Waals surface area contributed by atoms with E-state index >= 15 is 0 Å². The highest BCUT2D eigenvalue weighted by molar-refractivity contribution is 5.87. The lowest BCUT2D eigenvalue weighted by Crippen LogP contribution is -2.30. The molecule has 2 aromatic carbocycles. The van der Waals surface area contributed by atoms with E-state index in [0.29, 0.717) is 13.0 Å². The van der Waals surface area contributed by atoms with Gasteiger partial charge in [0.05, 0.1) is 18.4 Å². The van der Waals surface area contributed by atoms with Gasteiger partial charge in [-0.2, -0.15) is 0 Å². The Balaban J connectivity index is 1.69. The van der Waals surface area contributed by atoms with Crippen LogP contribution in [0.15, 0.2) is 54.6 Å². The number of rotatable bonds is 8. The monoisotopic (exact) mass is 392 g/mol. The molecule has 3 aromatic rings. The number of aromatic nitrogens is 1. The Morgan fingerprint density at radius 3 is 2.41 bits per heavy atom. The Labute approximate surface area is 171 Å². The minimum Gasteiger partial charge on any atom is -0.463 e. The van der Waals surface area contributed by atoms with E-state index in [9.17, 15) is 9.59 Å². The first-order valence-electron chi connectivity index (χ1n) is 10.1. The molecule has 1 unspecified atom stereocenters. The third-order valence-electron chi connectivity index (χ3n) is 4.96. The molecule has 0 spiro atoms. The number of fused-ring (bicyclic) bond motifs is 1. The van der Waals surface area contributed by atoms with Crippen molar-refractivity contribution in [2.24, 2.45) is 0 Å². The molecular formula is C24H28N2O3. The van der Waals surface area contributed by atoms with Gasteiger partial charge < -0.3 is 15.0 Å². The molecule has 1 heterocycles. The van der Waals surface area contributed by atoms with Crippen LogP contribution in [0.5, 0.6) is 0 Å². The van der Waals surface area contributed by atoms with Crippen molar-refractivity contribution in [3.05, 3.63) is 71.4 Å². The maximum atomic E-state index is 12.5. The maximum Gasteiger partial charge on any atom is 0.312 e. The van der Waals surface area contributed by atoms with Gasteiger partial charge in [0.2, 0.25) is 5.91 Å². The van der Waals surface area contributed by atoms with E-state index in [1.165, 1.54) is 0 Å². The van der Waals surface area contributed by atoms with Crippen LogP contribution in [0, 0.1) is 0 Å². The number of para-hydroxylation sites is 1. The molecule has 0 aliphatic carbocycles. The Morgan fingerprint density at radius 1 is 1.00 bits per heavy atom. The number of esters is 1. The van der Waals surface area contributed by atoms with Crippen molar-refractivity contribution in [1.82, 2.24) is 10.3 Å². The summed E-state index contributed by atoms with van der Waals surface area (Å²) in [6.45, 7) is 6.09. The van der Waals surface area contributed by atoms with E-state index in [1.807, 2.05) is 75.4 Å². The van der Waals surface area contributed by atoms with Crippen molar-refractivity contribution in [3.63, 3.8) is 0 Å². The highest BCUT2D eigenvalue weighted by atomic mass is 16.5. The molecule has 0 aliphatic heterocycles. The normalized spacial score (nSPS) is 12.1. The van der Waals surface area contributed by atoms with E-state index in [4.69, 9.17) is 4.74 Å². The van der Waals surface area contributed by atoms with Crippen LogP contribution in [0.25, 0.3) is 10.9 Å². The molecule has 0 fully saturated rings. The minimum absolute atomic E-state index is 0.00295. The molecular weight excluding hydrogens is 364 g/mol. The van der Waals surface area contributed by atoms with Crippen LogP contribution in [0.4, 0.5) is 0 Å². The van der Waals surface area contributed by atoms with E-state index in [1.54, 1.807) is 0 Å². The largest absolute Gasteiger partial charge is 0.463 e. The zero-order valence-corrected chi connectivity index (χ0v) is 17.2. The molecule has 0 saturated heterocycles. The summed E-state index contributed by atoms with van der Waals surface area (Å²) in [5.74, 6) is -0.467. The molecule has 0 radical (unpaired) electrons. The number of aromatic amines is 1. The molecule has 0 bridgehead atoms. The summed E-state index contributed by atoms with van der Waals surface area (Å²) in [4.78, 5) is 28.0. The fourth-order valence-corrected chi connectivity index (χ4v) is 3.50. The van der Waals surface area contributed by atoms with Gasteiger partial charge in [-0.3, -0.25) is 9.59 Å². The molecule has 1 aromatic heterocycles. The lowest BCUT2D eigenvalue weighted by Gasteiger charge is -2.13. The van der Waals surface area contributed by atoms with Crippen molar-refractivity contribution >= 4 is 22.8 Å². The summed E-state index contributed by atoms with van der Waals surface area (Å²) in [7, 11) is 0. The molecule has 0 saturated carbocycles. The van der Waals surface area contributed by atoms with Crippen molar-refractivity contribution in [3.8, 4) is 0 Å². The predicted molar refractivity (Wildman–Crippen MR) is 115 cm³/mol. The molecule has 5 heteroatoms. The van der Waals surface area contributed by atoms with Crippen LogP contribution in [0.2, 0.25) is 0 Å². The second kappa shape index (κ2) is 9.41. The SMILES string of the molecule is CC(C)OC(=O)Cc1[nH]c2ccccc2c1CCNC(=O)C(C)c1ccccc1. The fourth-order valence-electron chi connectivity index (χ4n) is 3.50. The first-order chi connectivity index (χ1) is 14.0. The summed E-state index contributed by atoms with van der Waals surface area (Å²) in [6.07, 6.45) is 0.687. The molecule has 29 heavy (non-hydrogen) atoms. The number of nitrogens with one attached hydrogen (secondary N) is 2. The van der Waals surface area contributed by atoms with E-state index in [0.717, 1.165) is 27.7 Å². The summed E-state index contributed by atoms with van der Waals surface area (Å²) in [5.41, 5.74) is 3.88. The summed E-state index contributed by atoms with van der Waals surface area (Å²) in [5, 5.41) is 4.10. The van der Waals surface area contributed by atoms with Gasteiger partial charge in [-0.1, -0.05) is 48.5 Å². The van der Waals surface area contributed by atoms with E-state index < -0.39 is 0 Å². The number of ether oxygens (including phenoxy) is 1. The van der Waals surface area contributed by atoms with Gasteiger partial charge in [-0.05, 0) is 44.4 Å². The van der Waals surface area contributed by atoms with Crippen molar-refractivity contribution in [1.29, 1.82) is 0 Å². The number of carbonyl (C=O) groups excluding carboxylic acids is 2. The Morgan fingerprint density at radius 2 is 1.69 bits per heavy atom. The van der Waals surface area contributed by atoms with Crippen LogP contribution in [0.3, 0.4) is 0 Å². The van der Waals surface area contributed by atoms with Crippen molar-refractivity contribution in [2.75, 3.05) is 6.54 Å². The van der Waals surface area contributed by atoms with Crippen LogP contribution in [0.1, 0.15) is 43.5 Å². The van der Waals surface area contributed by atoms with E-state index in [2.05, 4.69) is 10.3 Å². The number of benzene rings is 2. The molecule has 5 nitrogen and oxygen atoms in total. The molecule has 1 amide bonds. The number of hydrogen-bond donors (Lipinski definition) is 2. The zero-order chi connectivity index (χ0) is 20.8. The lowest BCUT2D eigenvalue weighted by molar-refractivity contribution is -0.146. The molecule has 3 rings (SSSR count). The van der Waals surface area contributed by atoms with Gasteiger partial charge in [0.25, 0.3) is 0 Å². The zero-order valence-electron chi connectivity index (χ0n) is 17.2. The average molecular weight is 392 g/mol. The van der Waals surface area contributed by atoms with E-state index in [-0.39, 0.29) is 30.3 Å². The van der Waals surface area contributed by atoms with Gasteiger partial charge in [-0.25, -0.2) is 0 Å². The van der Waals surface area contributed by atoms with Crippen LogP contribution < -0.4 is 5.32 Å². The summed E-state index contributed by atoms with van der Waals surface area (Å²) in [6, 6.07) is 17.7. The quantitative estimate of drug-likeness (QED) is 0.567. The van der Waals surface area contributed by atoms with Crippen LogP contribution in [-0.4, -0.2) is 29.5 Å². The van der Waals surface area contributed by atoms with Gasteiger partial charge in [-0.15, -0.1) is 0 Å². The predicted octanol–water partition coefficient (Wildman–Crippen LogP) is 4.12. The standard InChI is InChI=1S/C24H28N2O3/c1-16(2)29-23(27)15-22-20(19-11-7-8-12-21(19)26-22)13-14-25-24(28)17(3)18-9-5-4-6-10-18/h4-12,16-17,26H,13-15H2,1-3H3,(H,25,28). The Kier molecular flexibility index (Phi) is 6.70. The van der Waals surface area contributed by atoms with Crippen LogP contribution in [-0.2, 0) is 27.2 Å². The summed E-state index contributed by atoms with van der Waals surface area (Å²) >= 11 is 0. The first kappa shape index (κ1) is 20.6. The highest BCUT2D eigenvalue weighted by Gasteiger charge is 2.18. The molecule has 2 N–H and O–H groups in total. The van der Waals surface area contributed by atoms with Gasteiger partial charge in [0.15, 0.2) is 0 Å². The second-order valence-corrected chi connectivity index (χ2v) is 7.52. The number of hydrogen-bond acceptors (Lipinski definition) is 3. The Hall–Kier alpha value is -3.08. The lowest BCUT2D eigenvalue weighted by atomic mass is 10.0. The molecule has 152 valence electrons. The molecule has 1 atom stereocenters. The minimum atomic E-state index is -0.255. The van der Waals surface area contributed by atoms with Crippen molar-refractivity contribution < 1.29 is 14.3 Å². The molecule has 0 aliphatic rings. The first-order valence-corrected chi connectivity index (χ1v) is 10.1. The Bertz CT molecular complexity index is 976. The van der Waals surface area contributed by atoms with Gasteiger partial charge in [0.1, 0.15) is 0 Å². The van der Waals surface area contributed by atoms with Crippen molar-refractivity contribution in [2.45, 2.75) is 45.6 Å². The number of carbonyl (C=O) groups is 2. The second-order valence-electron chi connectivity index (χ2n) is 7.52. The number of H-pyrrole nitrogens is 1. The number of amides is 1. The maximum absolute atomic E-state index is 12.5. The topological polar surface area (TPSA) is 71.2 Å². The summed E-state index contributed by atoms with van der Waals surface area (Å²) < 4.78 is 5.30. The third kappa shape index (κ3) is 5.25. The van der Waals surface area contributed by atoms with Gasteiger partial charge in [0, 0.05) is 23.1 Å². The highest BCUT2D eigenvalue weighted by Crippen LogP contribution is 2.24. The van der Waals surface area contributed by atoms with Gasteiger partial charge >= 0.3 is 5.97 Å². The average Bonchev–Trinajstić information content (AvgIpc) is 3.04. The third-order valence-corrected chi connectivity index (χ3v) is 4.96.